The molecule has 2 aliphatic rings. The molecule has 0 spiro atoms. The van der Waals surface area contributed by atoms with Gasteiger partial charge in [-0.25, -0.2) is 9.97 Å². The first kappa shape index (κ1) is 23.9. The highest BCUT2D eigenvalue weighted by Crippen LogP contribution is 2.39. The number of nitrogens with two attached hydrogens (primary N) is 1. The number of nitrogens with zero attached hydrogens (tertiary/aromatic N) is 5. The van der Waals surface area contributed by atoms with Crippen molar-refractivity contribution < 1.29 is 4.74 Å². The Hall–Kier alpha value is -3.42. The van der Waals surface area contributed by atoms with Crippen molar-refractivity contribution in [3.63, 3.8) is 0 Å². The van der Waals surface area contributed by atoms with Crippen LogP contribution in [-0.2, 0) is 0 Å². The molecule has 1 saturated carbocycles. The Morgan fingerprint density at radius 3 is 2.32 bits per heavy atom. The highest BCUT2D eigenvalue weighted by molar-refractivity contribution is 6.00. The van der Waals surface area contributed by atoms with Gasteiger partial charge in [0.05, 0.1) is 5.39 Å². The van der Waals surface area contributed by atoms with Crippen molar-refractivity contribution in [2.75, 3.05) is 39.0 Å². The highest BCUT2D eigenvalue weighted by atomic mass is 16.5. The smallest absolute Gasteiger partial charge is 0.146 e. The summed E-state index contributed by atoms with van der Waals surface area (Å²) in [6, 6.07) is 19.2. The summed E-state index contributed by atoms with van der Waals surface area (Å²) in [4.78, 5) is 14.2. The predicted octanol–water partition coefficient (Wildman–Crippen LogP) is 5.59. The lowest BCUT2D eigenvalue weighted by Gasteiger charge is -2.37. The van der Waals surface area contributed by atoms with E-state index in [9.17, 15) is 0 Å². The van der Waals surface area contributed by atoms with Gasteiger partial charge in [-0.2, -0.15) is 0 Å². The van der Waals surface area contributed by atoms with Gasteiger partial charge in [-0.15, -0.1) is 0 Å². The maximum Gasteiger partial charge on any atom is 0.146 e. The summed E-state index contributed by atoms with van der Waals surface area (Å²) in [7, 11) is 2.24. The number of para-hydroxylation sites is 1. The maximum atomic E-state index is 6.42. The minimum atomic E-state index is 0.428. The first-order chi connectivity index (χ1) is 18.2. The fraction of sp³-hybridized carbons (Fsp3) is 0.400. The number of hydrogen-bond acceptors (Lipinski definition) is 6. The first-order valence-electron chi connectivity index (χ1n) is 13.5. The minimum Gasteiger partial charge on any atom is -0.457 e. The van der Waals surface area contributed by atoms with E-state index in [0.29, 0.717) is 17.9 Å². The number of likely N-dealkylation sites (N-methyl/N-ethyl adjacent to an activating group) is 1. The van der Waals surface area contributed by atoms with Crippen LogP contribution in [0.3, 0.4) is 0 Å². The summed E-state index contributed by atoms with van der Waals surface area (Å²) in [5.74, 6) is 2.17. The second-order valence-electron chi connectivity index (χ2n) is 10.5. The zero-order chi connectivity index (χ0) is 25.2. The van der Waals surface area contributed by atoms with Crippen LogP contribution in [0.4, 0.5) is 5.82 Å². The van der Waals surface area contributed by atoms with Crippen LogP contribution in [0.15, 0.2) is 67.1 Å². The molecule has 0 unspecified atom stereocenters. The summed E-state index contributed by atoms with van der Waals surface area (Å²) in [6.07, 6.45) is 9.89. The number of ether oxygens (including phenoxy) is 1. The molecule has 7 nitrogen and oxygen atoms in total. The Kier molecular flexibility index (Phi) is 6.81. The van der Waals surface area contributed by atoms with E-state index in [2.05, 4.69) is 44.7 Å². The minimum absolute atomic E-state index is 0.428. The van der Waals surface area contributed by atoms with Crippen LogP contribution in [0, 0.1) is 0 Å². The van der Waals surface area contributed by atoms with Crippen LogP contribution in [0.25, 0.3) is 22.2 Å². The van der Waals surface area contributed by atoms with Gasteiger partial charge in [0, 0.05) is 36.9 Å². The second-order valence-corrected chi connectivity index (χ2v) is 10.5. The topological polar surface area (TPSA) is 72.4 Å². The van der Waals surface area contributed by atoms with Crippen LogP contribution in [0.1, 0.15) is 38.1 Å². The Morgan fingerprint density at radius 2 is 1.54 bits per heavy atom. The number of anilines is 1. The van der Waals surface area contributed by atoms with Gasteiger partial charge in [0.15, 0.2) is 0 Å². The number of aromatic nitrogens is 3. The Labute approximate surface area is 218 Å². The van der Waals surface area contributed by atoms with Gasteiger partial charge in [-0.05, 0) is 82.1 Å². The summed E-state index contributed by atoms with van der Waals surface area (Å²) in [5.41, 5.74) is 9.52. The third-order valence-electron chi connectivity index (χ3n) is 8.11. The summed E-state index contributed by atoms with van der Waals surface area (Å²) in [5, 5.41) is 0.942. The molecule has 3 heterocycles. The SMILES string of the molecule is CN1CCCN(C2CCC(n3cc(-c4ccc(Oc5ccccc5)cc4)c4c(N)ncnc43)CC2)CC1. The largest absolute Gasteiger partial charge is 0.457 e. The van der Waals surface area contributed by atoms with E-state index in [1.165, 1.54) is 45.4 Å². The standard InChI is InChI=1S/C30H36N6O/c1-34-16-5-17-35(19-18-34)23-10-12-24(13-11-23)36-20-27(28-29(31)32-21-33-30(28)36)22-8-14-26(15-9-22)37-25-6-3-2-4-7-25/h2-4,6-9,14-15,20-21,23-24H,5,10-13,16-19H2,1H3,(H2,31,32,33). The summed E-state index contributed by atoms with van der Waals surface area (Å²) in [6.45, 7) is 4.81. The van der Waals surface area contributed by atoms with Crippen LogP contribution >= 0.6 is 0 Å². The normalized spacial score (nSPS) is 21.6. The fourth-order valence-corrected chi connectivity index (χ4v) is 6.07. The highest BCUT2D eigenvalue weighted by Gasteiger charge is 2.29. The number of rotatable bonds is 5. The Bertz CT molecular complexity index is 1330. The third-order valence-corrected chi connectivity index (χ3v) is 8.11. The fourth-order valence-electron chi connectivity index (χ4n) is 6.07. The molecule has 0 atom stereocenters. The molecule has 0 amide bonds. The number of nitrogen functional groups attached to an aromatic ring is 1. The van der Waals surface area contributed by atoms with E-state index >= 15 is 0 Å². The molecular formula is C30H36N6O. The molecule has 2 aromatic carbocycles. The van der Waals surface area contributed by atoms with Crippen molar-refractivity contribution in [2.24, 2.45) is 0 Å². The van der Waals surface area contributed by atoms with Gasteiger partial charge in [-0.1, -0.05) is 30.3 Å². The zero-order valence-corrected chi connectivity index (χ0v) is 21.6. The molecule has 2 fully saturated rings. The van der Waals surface area contributed by atoms with Crippen LogP contribution in [0.5, 0.6) is 11.5 Å². The molecule has 6 rings (SSSR count). The van der Waals surface area contributed by atoms with Gasteiger partial charge in [0.2, 0.25) is 0 Å². The number of benzene rings is 2. The molecule has 1 aliphatic carbocycles. The quantitative estimate of drug-likeness (QED) is 0.388. The van der Waals surface area contributed by atoms with E-state index in [0.717, 1.165) is 46.5 Å². The summed E-state index contributed by atoms with van der Waals surface area (Å²) >= 11 is 0. The maximum absolute atomic E-state index is 6.42. The van der Waals surface area contributed by atoms with Gasteiger partial charge < -0.3 is 19.9 Å². The lowest BCUT2D eigenvalue weighted by molar-refractivity contribution is 0.143. The van der Waals surface area contributed by atoms with Gasteiger partial charge in [0.1, 0.15) is 29.3 Å². The predicted molar refractivity (Wildman–Crippen MR) is 149 cm³/mol. The van der Waals surface area contributed by atoms with Crippen LogP contribution in [-0.4, -0.2) is 63.6 Å². The van der Waals surface area contributed by atoms with Crippen molar-refractivity contribution in [1.82, 2.24) is 24.3 Å². The van der Waals surface area contributed by atoms with Gasteiger partial charge in [0.25, 0.3) is 0 Å². The van der Waals surface area contributed by atoms with E-state index in [-0.39, 0.29) is 0 Å². The molecular weight excluding hydrogens is 460 g/mol. The molecule has 2 aromatic heterocycles. The molecule has 0 bridgehead atoms. The lowest BCUT2D eigenvalue weighted by Crippen LogP contribution is -2.40. The Balaban J connectivity index is 1.23. The van der Waals surface area contributed by atoms with E-state index in [1.807, 2.05) is 42.5 Å². The monoisotopic (exact) mass is 496 g/mol. The summed E-state index contributed by atoms with van der Waals surface area (Å²) < 4.78 is 8.36. The molecule has 1 aliphatic heterocycles. The molecule has 4 aromatic rings. The Morgan fingerprint density at radius 1 is 0.811 bits per heavy atom. The first-order valence-corrected chi connectivity index (χ1v) is 13.5. The molecule has 192 valence electrons. The number of hydrogen-bond donors (Lipinski definition) is 1. The van der Waals surface area contributed by atoms with Crippen molar-refractivity contribution in [3.05, 3.63) is 67.1 Å². The van der Waals surface area contributed by atoms with Crippen molar-refractivity contribution >= 4 is 16.9 Å². The van der Waals surface area contributed by atoms with Crippen LogP contribution in [0.2, 0.25) is 0 Å². The third kappa shape index (κ3) is 5.06. The van der Waals surface area contributed by atoms with Crippen molar-refractivity contribution in [2.45, 2.75) is 44.2 Å². The van der Waals surface area contributed by atoms with Gasteiger partial charge in [-0.3, -0.25) is 4.90 Å². The molecule has 0 radical (unpaired) electrons. The molecule has 2 N–H and O–H groups in total. The van der Waals surface area contributed by atoms with E-state index in [1.54, 1.807) is 6.33 Å². The van der Waals surface area contributed by atoms with E-state index in [4.69, 9.17) is 15.5 Å². The van der Waals surface area contributed by atoms with E-state index < -0.39 is 0 Å². The second kappa shape index (κ2) is 10.5. The lowest BCUT2D eigenvalue weighted by atomic mass is 9.90. The molecule has 1 saturated heterocycles. The van der Waals surface area contributed by atoms with Crippen LogP contribution < -0.4 is 10.5 Å². The van der Waals surface area contributed by atoms with Crippen molar-refractivity contribution in [3.8, 4) is 22.6 Å². The molecule has 7 heteroatoms. The zero-order valence-electron chi connectivity index (χ0n) is 21.6. The van der Waals surface area contributed by atoms with Gasteiger partial charge >= 0.3 is 0 Å². The number of fused-ring (bicyclic) bond motifs is 1. The average Bonchev–Trinajstić information content (AvgIpc) is 3.19. The average molecular weight is 497 g/mol. The molecule has 37 heavy (non-hydrogen) atoms. The van der Waals surface area contributed by atoms with Crippen molar-refractivity contribution in [1.29, 1.82) is 0 Å².